The standard InChI is InChI=1S/C13H18BrNO/c1-9-6-11(14)7-10(2)13(9)15-12-4-3-5-16-8-12/h6-7,12,15H,3-5,8H2,1-2H3. The fourth-order valence-corrected chi connectivity index (χ4v) is 2.88. The summed E-state index contributed by atoms with van der Waals surface area (Å²) in [5, 5.41) is 3.60. The Kier molecular flexibility index (Phi) is 3.87. The molecule has 2 rings (SSSR count). The fourth-order valence-electron chi connectivity index (χ4n) is 2.20. The van der Waals surface area contributed by atoms with Gasteiger partial charge in [-0.1, -0.05) is 15.9 Å². The Morgan fingerprint density at radius 1 is 1.31 bits per heavy atom. The Hall–Kier alpha value is -0.540. The number of ether oxygens (including phenoxy) is 1. The molecule has 1 aliphatic rings. The van der Waals surface area contributed by atoms with Gasteiger partial charge in [0.05, 0.1) is 6.61 Å². The molecule has 1 N–H and O–H groups in total. The molecule has 1 fully saturated rings. The summed E-state index contributed by atoms with van der Waals surface area (Å²) in [4.78, 5) is 0. The summed E-state index contributed by atoms with van der Waals surface area (Å²) in [5.74, 6) is 0. The van der Waals surface area contributed by atoms with Crippen molar-refractivity contribution >= 4 is 21.6 Å². The van der Waals surface area contributed by atoms with E-state index in [4.69, 9.17) is 4.74 Å². The fraction of sp³-hybridized carbons (Fsp3) is 0.538. The molecule has 88 valence electrons. The van der Waals surface area contributed by atoms with Crippen molar-refractivity contribution in [1.29, 1.82) is 0 Å². The van der Waals surface area contributed by atoms with E-state index in [1.165, 1.54) is 23.2 Å². The molecule has 0 aromatic heterocycles. The first-order valence-electron chi connectivity index (χ1n) is 5.78. The first-order chi connectivity index (χ1) is 7.66. The minimum absolute atomic E-state index is 0.465. The molecule has 2 nitrogen and oxygen atoms in total. The molecule has 1 atom stereocenters. The van der Waals surface area contributed by atoms with Crippen LogP contribution >= 0.6 is 15.9 Å². The maximum Gasteiger partial charge on any atom is 0.0667 e. The van der Waals surface area contributed by atoms with Crippen molar-refractivity contribution in [3.63, 3.8) is 0 Å². The molecule has 0 saturated carbocycles. The van der Waals surface area contributed by atoms with Crippen LogP contribution in [0.2, 0.25) is 0 Å². The van der Waals surface area contributed by atoms with E-state index in [1.807, 2.05) is 0 Å². The van der Waals surface area contributed by atoms with Gasteiger partial charge in [-0.15, -0.1) is 0 Å². The van der Waals surface area contributed by atoms with Crippen LogP contribution in [-0.4, -0.2) is 19.3 Å². The van der Waals surface area contributed by atoms with Crippen LogP contribution < -0.4 is 5.32 Å². The highest BCUT2D eigenvalue weighted by molar-refractivity contribution is 9.10. The minimum atomic E-state index is 0.465. The number of halogens is 1. The van der Waals surface area contributed by atoms with Gasteiger partial charge < -0.3 is 10.1 Å². The Bertz CT molecular complexity index is 349. The van der Waals surface area contributed by atoms with Gasteiger partial charge in [0.2, 0.25) is 0 Å². The summed E-state index contributed by atoms with van der Waals surface area (Å²) in [6, 6.07) is 4.77. The SMILES string of the molecule is Cc1cc(Br)cc(C)c1NC1CCCOC1. The minimum Gasteiger partial charge on any atom is -0.380 e. The number of benzene rings is 1. The average molecular weight is 284 g/mol. The molecule has 1 aliphatic heterocycles. The Labute approximate surface area is 106 Å². The van der Waals surface area contributed by atoms with Crippen molar-refractivity contribution in [2.24, 2.45) is 0 Å². The number of hydrogen-bond acceptors (Lipinski definition) is 2. The predicted molar refractivity (Wildman–Crippen MR) is 71.1 cm³/mol. The molecule has 1 heterocycles. The molecule has 0 bridgehead atoms. The third kappa shape index (κ3) is 2.77. The maximum absolute atomic E-state index is 5.49. The number of hydrogen-bond donors (Lipinski definition) is 1. The van der Waals surface area contributed by atoms with Crippen LogP contribution in [0.15, 0.2) is 16.6 Å². The van der Waals surface area contributed by atoms with Crippen LogP contribution in [0.3, 0.4) is 0 Å². The van der Waals surface area contributed by atoms with Gasteiger partial charge in [-0.3, -0.25) is 0 Å². The lowest BCUT2D eigenvalue weighted by Gasteiger charge is -2.26. The predicted octanol–water partition coefficient (Wildman–Crippen LogP) is 3.66. The van der Waals surface area contributed by atoms with Crippen LogP contribution in [0.25, 0.3) is 0 Å². The third-order valence-corrected chi connectivity index (χ3v) is 3.46. The summed E-state index contributed by atoms with van der Waals surface area (Å²) in [6.45, 7) is 6.03. The molecule has 0 amide bonds. The average Bonchev–Trinajstić information content (AvgIpc) is 2.25. The monoisotopic (exact) mass is 283 g/mol. The van der Waals surface area contributed by atoms with Gasteiger partial charge in [-0.05, 0) is 49.9 Å². The highest BCUT2D eigenvalue weighted by Gasteiger charge is 2.15. The maximum atomic E-state index is 5.49. The molecule has 1 aromatic rings. The summed E-state index contributed by atoms with van der Waals surface area (Å²) in [5.41, 5.74) is 3.84. The molecular weight excluding hydrogens is 266 g/mol. The van der Waals surface area contributed by atoms with E-state index in [-0.39, 0.29) is 0 Å². The van der Waals surface area contributed by atoms with Gasteiger partial charge in [-0.25, -0.2) is 0 Å². The smallest absolute Gasteiger partial charge is 0.0667 e. The second-order valence-corrected chi connectivity index (χ2v) is 5.39. The van der Waals surface area contributed by atoms with Crippen LogP contribution in [0.4, 0.5) is 5.69 Å². The first-order valence-corrected chi connectivity index (χ1v) is 6.57. The van der Waals surface area contributed by atoms with Crippen molar-refractivity contribution in [1.82, 2.24) is 0 Å². The first kappa shape index (κ1) is 11.9. The van der Waals surface area contributed by atoms with E-state index >= 15 is 0 Å². The molecular formula is C13H18BrNO. The van der Waals surface area contributed by atoms with Crippen molar-refractivity contribution in [2.75, 3.05) is 18.5 Å². The number of rotatable bonds is 2. The topological polar surface area (TPSA) is 21.3 Å². The van der Waals surface area contributed by atoms with Crippen LogP contribution in [0.5, 0.6) is 0 Å². The zero-order valence-corrected chi connectivity index (χ0v) is 11.4. The summed E-state index contributed by atoms with van der Waals surface area (Å²) >= 11 is 3.52. The number of anilines is 1. The molecule has 0 spiro atoms. The lowest BCUT2D eigenvalue weighted by Crippen LogP contribution is -2.30. The second-order valence-electron chi connectivity index (χ2n) is 4.47. The van der Waals surface area contributed by atoms with Gasteiger partial charge in [0, 0.05) is 22.8 Å². The highest BCUT2D eigenvalue weighted by atomic mass is 79.9. The van der Waals surface area contributed by atoms with Crippen LogP contribution in [0, 0.1) is 13.8 Å². The van der Waals surface area contributed by atoms with Gasteiger partial charge in [0.25, 0.3) is 0 Å². The van der Waals surface area contributed by atoms with E-state index in [0.717, 1.165) is 24.1 Å². The highest BCUT2D eigenvalue weighted by Crippen LogP contribution is 2.26. The van der Waals surface area contributed by atoms with E-state index < -0.39 is 0 Å². The van der Waals surface area contributed by atoms with E-state index in [0.29, 0.717) is 6.04 Å². The van der Waals surface area contributed by atoms with Crippen molar-refractivity contribution in [2.45, 2.75) is 32.7 Å². The lowest BCUT2D eigenvalue weighted by molar-refractivity contribution is 0.0876. The van der Waals surface area contributed by atoms with E-state index in [2.05, 4.69) is 47.2 Å². The Balaban J connectivity index is 2.14. The third-order valence-electron chi connectivity index (χ3n) is 3.01. The van der Waals surface area contributed by atoms with Crippen LogP contribution in [-0.2, 0) is 4.74 Å². The van der Waals surface area contributed by atoms with E-state index in [1.54, 1.807) is 0 Å². The van der Waals surface area contributed by atoms with Crippen molar-refractivity contribution < 1.29 is 4.74 Å². The number of nitrogens with one attached hydrogen (secondary N) is 1. The van der Waals surface area contributed by atoms with Crippen LogP contribution in [0.1, 0.15) is 24.0 Å². The molecule has 1 unspecified atom stereocenters. The normalized spacial score (nSPS) is 20.8. The molecule has 1 aromatic carbocycles. The van der Waals surface area contributed by atoms with Crippen molar-refractivity contribution in [3.8, 4) is 0 Å². The largest absolute Gasteiger partial charge is 0.380 e. The van der Waals surface area contributed by atoms with Gasteiger partial charge in [0.15, 0.2) is 0 Å². The summed E-state index contributed by atoms with van der Waals surface area (Å²) < 4.78 is 6.63. The number of aryl methyl sites for hydroxylation is 2. The molecule has 16 heavy (non-hydrogen) atoms. The summed E-state index contributed by atoms with van der Waals surface area (Å²) in [6.07, 6.45) is 2.36. The summed E-state index contributed by atoms with van der Waals surface area (Å²) in [7, 11) is 0. The van der Waals surface area contributed by atoms with Gasteiger partial charge in [0.1, 0.15) is 0 Å². The molecule has 0 aliphatic carbocycles. The molecule has 0 radical (unpaired) electrons. The second kappa shape index (κ2) is 5.19. The zero-order valence-electron chi connectivity index (χ0n) is 9.85. The molecule has 3 heteroatoms. The van der Waals surface area contributed by atoms with E-state index in [9.17, 15) is 0 Å². The Morgan fingerprint density at radius 3 is 2.56 bits per heavy atom. The quantitative estimate of drug-likeness (QED) is 0.895. The molecule has 1 saturated heterocycles. The van der Waals surface area contributed by atoms with Crippen molar-refractivity contribution in [3.05, 3.63) is 27.7 Å². The zero-order chi connectivity index (χ0) is 11.5. The van der Waals surface area contributed by atoms with Gasteiger partial charge in [-0.2, -0.15) is 0 Å². The Morgan fingerprint density at radius 2 is 2.00 bits per heavy atom. The van der Waals surface area contributed by atoms with Gasteiger partial charge >= 0.3 is 0 Å². The lowest BCUT2D eigenvalue weighted by atomic mass is 10.1.